The van der Waals surface area contributed by atoms with E-state index in [9.17, 15) is 4.79 Å². The number of rotatable bonds is 2. The Hall–Kier alpha value is -0.730. The number of hydrogen-bond donors (Lipinski definition) is 1. The molecule has 1 aliphatic carbocycles. The lowest BCUT2D eigenvalue weighted by atomic mass is 9.89. The van der Waals surface area contributed by atoms with E-state index in [1.807, 2.05) is 6.07 Å². The fourth-order valence-electron chi connectivity index (χ4n) is 2.40. The Balaban J connectivity index is 2.29. The molecule has 4 heteroatoms. The first-order chi connectivity index (χ1) is 7.59. The van der Waals surface area contributed by atoms with Gasteiger partial charge in [0, 0.05) is 0 Å². The van der Waals surface area contributed by atoms with Gasteiger partial charge in [0.1, 0.15) is 0 Å². The molecule has 1 aliphatic rings. The van der Waals surface area contributed by atoms with E-state index in [4.69, 9.17) is 28.3 Å². The van der Waals surface area contributed by atoms with Gasteiger partial charge in [-0.25, -0.2) is 0 Å². The van der Waals surface area contributed by atoms with Crippen LogP contribution in [-0.4, -0.2) is 11.1 Å². The fraction of sp³-hybridized carbons (Fsp3) is 0.417. The van der Waals surface area contributed by atoms with Gasteiger partial charge in [0.05, 0.1) is 16.0 Å². The maximum absolute atomic E-state index is 11.1. The summed E-state index contributed by atoms with van der Waals surface area (Å²) < 4.78 is 0. The monoisotopic (exact) mass is 258 g/mol. The molecule has 1 aromatic rings. The molecule has 0 heterocycles. The van der Waals surface area contributed by atoms with E-state index >= 15 is 0 Å². The largest absolute Gasteiger partial charge is 0.481 e. The Morgan fingerprint density at radius 3 is 2.62 bits per heavy atom. The number of carboxylic acid groups (broad SMARTS) is 1. The van der Waals surface area contributed by atoms with Crippen molar-refractivity contribution in [1.29, 1.82) is 0 Å². The van der Waals surface area contributed by atoms with Crippen molar-refractivity contribution in [1.82, 2.24) is 0 Å². The summed E-state index contributed by atoms with van der Waals surface area (Å²) >= 11 is 11.8. The summed E-state index contributed by atoms with van der Waals surface area (Å²) in [6, 6.07) is 5.40. The van der Waals surface area contributed by atoms with Crippen molar-refractivity contribution < 1.29 is 9.90 Å². The summed E-state index contributed by atoms with van der Waals surface area (Å²) in [7, 11) is 0. The molecule has 0 aliphatic heterocycles. The Labute approximate surface area is 104 Å². The zero-order chi connectivity index (χ0) is 11.7. The first-order valence-electron chi connectivity index (χ1n) is 5.27. The summed E-state index contributed by atoms with van der Waals surface area (Å²) in [4.78, 5) is 11.1. The van der Waals surface area contributed by atoms with Crippen LogP contribution < -0.4 is 0 Å². The number of halogens is 2. The van der Waals surface area contributed by atoms with E-state index in [1.165, 1.54) is 0 Å². The second-order valence-electron chi connectivity index (χ2n) is 4.16. The van der Waals surface area contributed by atoms with Gasteiger partial charge in [0.15, 0.2) is 0 Å². The third-order valence-corrected chi connectivity index (χ3v) is 3.94. The van der Waals surface area contributed by atoms with Gasteiger partial charge in [0.25, 0.3) is 0 Å². The molecule has 1 N–H and O–H groups in total. The van der Waals surface area contributed by atoms with Crippen molar-refractivity contribution in [2.75, 3.05) is 0 Å². The lowest BCUT2D eigenvalue weighted by Crippen LogP contribution is -2.16. The molecule has 0 bridgehead atoms. The van der Waals surface area contributed by atoms with E-state index in [-0.39, 0.29) is 11.8 Å². The third-order valence-electron chi connectivity index (χ3n) is 3.20. The molecule has 0 aromatic heterocycles. The highest BCUT2D eigenvalue weighted by Crippen LogP contribution is 2.41. The van der Waals surface area contributed by atoms with Gasteiger partial charge in [-0.2, -0.15) is 0 Å². The average Bonchev–Trinajstić information content (AvgIpc) is 2.71. The van der Waals surface area contributed by atoms with Gasteiger partial charge >= 0.3 is 5.97 Å². The van der Waals surface area contributed by atoms with Gasteiger partial charge in [0.2, 0.25) is 0 Å². The molecule has 1 saturated carbocycles. The lowest BCUT2D eigenvalue weighted by molar-refractivity contribution is -0.142. The van der Waals surface area contributed by atoms with Crippen molar-refractivity contribution in [3.8, 4) is 0 Å². The number of benzene rings is 1. The highest BCUT2D eigenvalue weighted by atomic mass is 35.5. The minimum Gasteiger partial charge on any atom is -0.481 e. The average molecular weight is 259 g/mol. The molecule has 2 atom stereocenters. The highest BCUT2D eigenvalue weighted by Gasteiger charge is 2.33. The molecule has 16 heavy (non-hydrogen) atoms. The van der Waals surface area contributed by atoms with Crippen LogP contribution in [-0.2, 0) is 4.79 Å². The van der Waals surface area contributed by atoms with Crippen molar-refractivity contribution in [3.63, 3.8) is 0 Å². The molecular weight excluding hydrogens is 247 g/mol. The zero-order valence-corrected chi connectivity index (χ0v) is 10.1. The van der Waals surface area contributed by atoms with Crippen molar-refractivity contribution in [2.24, 2.45) is 5.92 Å². The van der Waals surface area contributed by atoms with Crippen LogP contribution in [0, 0.1) is 5.92 Å². The number of hydrogen-bond acceptors (Lipinski definition) is 1. The van der Waals surface area contributed by atoms with Crippen LogP contribution >= 0.6 is 23.2 Å². The SMILES string of the molecule is O=C(O)C1CCCC1c1ccc(Cl)c(Cl)c1. The summed E-state index contributed by atoms with van der Waals surface area (Å²) in [6.07, 6.45) is 2.62. The number of carbonyl (C=O) groups is 1. The Kier molecular flexibility index (Phi) is 3.41. The molecule has 1 fully saturated rings. The van der Waals surface area contributed by atoms with Gasteiger partial charge in [-0.15, -0.1) is 0 Å². The Bertz CT molecular complexity index is 417. The van der Waals surface area contributed by atoms with Crippen molar-refractivity contribution in [2.45, 2.75) is 25.2 Å². The molecule has 0 spiro atoms. The first-order valence-corrected chi connectivity index (χ1v) is 6.03. The quantitative estimate of drug-likeness (QED) is 0.872. The smallest absolute Gasteiger partial charge is 0.307 e. The lowest BCUT2D eigenvalue weighted by Gasteiger charge is -2.16. The number of carboxylic acids is 1. The van der Waals surface area contributed by atoms with E-state index < -0.39 is 5.97 Å². The van der Waals surface area contributed by atoms with Crippen LogP contribution in [0.4, 0.5) is 0 Å². The summed E-state index contributed by atoms with van der Waals surface area (Å²) in [5.74, 6) is -0.918. The van der Waals surface area contributed by atoms with Gasteiger partial charge in [-0.3, -0.25) is 4.79 Å². The van der Waals surface area contributed by atoms with Crippen molar-refractivity contribution in [3.05, 3.63) is 33.8 Å². The molecule has 1 aromatic carbocycles. The first kappa shape index (κ1) is 11.7. The van der Waals surface area contributed by atoms with E-state index in [0.29, 0.717) is 10.0 Å². The Morgan fingerprint density at radius 2 is 2.00 bits per heavy atom. The van der Waals surface area contributed by atoms with Gasteiger partial charge in [-0.1, -0.05) is 35.7 Å². The molecule has 2 rings (SSSR count). The van der Waals surface area contributed by atoms with Gasteiger partial charge < -0.3 is 5.11 Å². The Morgan fingerprint density at radius 1 is 1.25 bits per heavy atom. The normalized spacial score (nSPS) is 24.6. The maximum atomic E-state index is 11.1. The van der Waals surface area contributed by atoms with Crippen molar-refractivity contribution >= 4 is 29.2 Å². The van der Waals surface area contributed by atoms with Crippen LogP contribution in [0.5, 0.6) is 0 Å². The molecule has 0 amide bonds. The minimum atomic E-state index is -0.714. The molecule has 0 saturated heterocycles. The molecule has 2 nitrogen and oxygen atoms in total. The van der Waals surface area contributed by atoms with Crippen LogP contribution in [0.2, 0.25) is 10.0 Å². The second kappa shape index (κ2) is 4.64. The summed E-state index contributed by atoms with van der Waals surface area (Å²) in [5.41, 5.74) is 0.985. The number of aliphatic carboxylic acids is 1. The van der Waals surface area contributed by atoms with Crippen LogP contribution in [0.15, 0.2) is 18.2 Å². The van der Waals surface area contributed by atoms with Crippen LogP contribution in [0.25, 0.3) is 0 Å². The zero-order valence-electron chi connectivity index (χ0n) is 8.62. The third kappa shape index (κ3) is 2.18. The van der Waals surface area contributed by atoms with E-state index in [2.05, 4.69) is 0 Å². The standard InChI is InChI=1S/C12H12Cl2O2/c13-10-5-4-7(6-11(10)14)8-2-1-3-9(8)12(15)16/h4-6,8-9H,1-3H2,(H,15,16). The van der Waals surface area contributed by atoms with Gasteiger partial charge in [-0.05, 0) is 36.5 Å². The topological polar surface area (TPSA) is 37.3 Å². The molecule has 0 radical (unpaired) electrons. The van der Waals surface area contributed by atoms with E-state index in [0.717, 1.165) is 24.8 Å². The second-order valence-corrected chi connectivity index (χ2v) is 4.97. The van der Waals surface area contributed by atoms with Crippen LogP contribution in [0.1, 0.15) is 30.7 Å². The van der Waals surface area contributed by atoms with Crippen LogP contribution in [0.3, 0.4) is 0 Å². The molecule has 2 unspecified atom stereocenters. The summed E-state index contributed by atoms with van der Waals surface area (Å²) in [6.45, 7) is 0. The minimum absolute atomic E-state index is 0.0762. The fourth-order valence-corrected chi connectivity index (χ4v) is 2.70. The molecule has 86 valence electrons. The predicted molar refractivity (Wildman–Crippen MR) is 64.2 cm³/mol. The maximum Gasteiger partial charge on any atom is 0.307 e. The van der Waals surface area contributed by atoms with E-state index in [1.54, 1.807) is 12.1 Å². The highest BCUT2D eigenvalue weighted by molar-refractivity contribution is 6.42. The summed E-state index contributed by atoms with van der Waals surface area (Å²) in [5, 5.41) is 10.1. The molecular formula is C12H12Cl2O2. The predicted octanol–water partition coefficient (Wildman–Crippen LogP) is 3.96.